The highest BCUT2D eigenvalue weighted by atomic mass is 35.5. The number of carbonyl (C=O) groups is 2. The van der Waals surface area contributed by atoms with Crippen LogP contribution in [0, 0.1) is 13.8 Å². The maximum atomic E-state index is 13.8. The van der Waals surface area contributed by atoms with Gasteiger partial charge in [0.05, 0.1) is 35.0 Å². The fraction of sp³-hybridized carbons (Fsp3) is 0.222. The first-order chi connectivity index (χ1) is 17.3. The molecule has 0 N–H and O–H groups in total. The lowest BCUT2D eigenvalue weighted by Crippen LogP contribution is -2.31. The van der Waals surface area contributed by atoms with Gasteiger partial charge in [-0.15, -0.1) is 0 Å². The Labute approximate surface area is 216 Å². The summed E-state index contributed by atoms with van der Waals surface area (Å²) < 4.78 is 21.3. The first kappa shape index (κ1) is 24.4. The van der Waals surface area contributed by atoms with Crippen LogP contribution in [0.5, 0.6) is 5.75 Å². The number of fused-ring (bicyclic) bond motifs is 2. The largest absolute Gasteiger partial charge is 0.609 e. The lowest BCUT2D eigenvalue weighted by molar-refractivity contribution is 0.0926. The summed E-state index contributed by atoms with van der Waals surface area (Å²) in [5, 5.41) is 0.953. The van der Waals surface area contributed by atoms with Crippen molar-refractivity contribution < 1.29 is 18.9 Å². The summed E-state index contributed by atoms with van der Waals surface area (Å²) >= 11 is 4.56. The van der Waals surface area contributed by atoms with E-state index in [1.54, 1.807) is 49.6 Å². The number of amides is 2. The van der Waals surface area contributed by atoms with E-state index in [0.29, 0.717) is 50.4 Å². The number of halogens is 1. The van der Waals surface area contributed by atoms with Crippen molar-refractivity contribution in [1.82, 2.24) is 9.55 Å². The van der Waals surface area contributed by atoms with Crippen molar-refractivity contribution in [3.63, 3.8) is 0 Å². The van der Waals surface area contributed by atoms with Crippen LogP contribution in [0.3, 0.4) is 0 Å². The summed E-state index contributed by atoms with van der Waals surface area (Å²) in [4.78, 5) is 32.4. The molecule has 5 rings (SSSR count). The summed E-state index contributed by atoms with van der Waals surface area (Å²) in [6, 6.07) is 13.9. The van der Waals surface area contributed by atoms with Gasteiger partial charge in [0.25, 0.3) is 11.8 Å². The van der Waals surface area contributed by atoms with Crippen LogP contribution in [0.15, 0.2) is 53.7 Å². The molecule has 1 aliphatic heterocycles. The number of imide groups is 1. The van der Waals surface area contributed by atoms with Gasteiger partial charge in [0.15, 0.2) is 0 Å². The number of hydrogen-bond donors (Lipinski definition) is 0. The van der Waals surface area contributed by atoms with Crippen LogP contribution in [-0.4, -0.2) is 33.0 Å². The van der Waals surface area contributed by atoms with Gasteiger partial charge in [0, 0.05) is 33.9 Å². The Balaban J connectivity index is 1.63. The van der Waals surface area contributed by atoms with Gasteiger partial charge in [-0.3, -0.25) is 14.2 Å². The zero-order valence-corrected chi connectivity index (χ0v) is 21.9. The topological polar surface area (TPSA) is 87.5 Å². The van der Waals surface area contributed by atoms with Crippen molar-refractivity contribution in [2.45, 2.75) is 38.2 Å². The minimum Gasteiger partial charge on any atom is -0.609 e. The zero-order valence-electron chi connectivity index (χ0n) is 20.3. The molecular formula is C27H24ClN3O4S. The normalized spacial score (nSPS) is 14.0. The molecule has 0 spiro atoms. The predicted molar refractivity (Wildman–Crippen MR) is 141 cm³/mol. The third-order valence-corrected chi connectivity index (χ3v) is 8.03. The SMILES string of the molecule is CCn1c([S+]([O-])Cc2c(N3C(=O)c4ccccc4C3=O)cc(C)c(OC)c2C)nc2cc(Cl)ccc21. The lowest BCUT2D eigenvalue weighted by Gasteiger charge is -2.23. The molecule has 36 heavy (non-hydrogen) atoms. The predicted octanol–water partition coefficient (Wildman–Crippen LogP) is 5.44. The van der Waals surface area contributed by atoms with E-state index >= 15 is 0 Å². The minimum atomic E-state index is -1.59. The van der Waals surface area contributed by atoms with Crippen molar-refractivity contribution in [2.75, 3.05) is 12.0 Å². The van der Waals surface area contributed by atoms with Gasteiger partial charge in [-0.25, -0.2) is 4.90 Å². The van der Waals surface area contributed by atoms with Gasteiger partial charge < -0.3 is 9.29 Å². The van der Waals surface area contributed by atoms with Crippen LogP contribution in [0.2, 0.25) is 5.02 Å². The average molecular weight is 522 g/mol. The van der Waals surface area contributed by atoms with E-state index in [2.05, 4.69) is 4.98 Å². The molecule has 4 aromatic rings. The number of carbonyl (C=O) groups excluding carboxylic acids is 2. The van der Waals surface area contributed by atoms with Crippen LogP contribution >= 0.6 is 11.6 Å². The van der Waals surface area contributed by atoms with Crippen LogP contribution in [-0.2, 0) is 23.5 Å². The van der Waals surface area contributed by atoms with Crippen LogP contribution < -0.4 is 9.64 Å². The van der Waals surface area contributed by atoms with E-state index in [1.807, 2.05) is 31.4 Å². The number of imidazole rings is 1. The Hall–Kier alpha value is -3.33. The van der Waals surface area contributed by atoms with Crippen LogP contribution in [0.25, 0.3) is 11.0 Å². The van der Waals surface area contributed by atoms with E-state index in [4.69, 9.17) is 16.3 Å². The Kier molecular flexibility index (Phi) is 6.28. The second kappa shape index (κ2) is 9.28. The first-order valence-corrected chi connectivity index (χ1v) is 13.2. The minimum absolute atomic E-state index is 0.0439. The van der Waals surface area contributed by atoms with E-state index in [-0.39, 0.29) is 5.75 Å². The number of aryl methyl sites for hydroxylation is 2. The number of rotatable bonds is 6. The van der Waals surface area contributed by atoms with Crippen molar-refractivity contribution in [2.24, 2.45) is 0 Å². The Morgan fingerprint density at radius 3 is 2.33 bits per heavy atom. The second-order valence-electron chi connectivity index (χ2n) is 8.60. The standard InChI is InChI=1S/C27H24ClN3O4S/c1-5-30-22-11-10-17(28)13-21(22)29-27(30)36(34)14-20-16(3)24(35-4)15(2)12-23(20)31-25(32)18-8-6-7-9-19(18)26(31)33/h6-13H,5,14H2,1-4H3. The molecule has 0 bridgehead atoms. The van der Waals surface area contributed by atoms with Crippen molar-refractivity contribution in [1.29, 1.82) is 0 Å². The molecule has 1 unspecified atom stereocenters. The monoisotopic (exact) mass is 521 g/mol. The number of nitrogens with zero attached hydrogens (tertiary/aromatic N) is 3. The molecule has 0 saturated heterocycles. The molecule has 7 nitrogen and oxygen atoms in total. The zero-order chi connectivity index (χ0) is 25.7. The number of benzene rings is 3. The van der Waals surface area contributed by atoms with E-state index in [9.17, 15) is 14.1 Å². The van der Waals surface area contributed by atoms with Crippen molar-refractivity contribution in [3.8, 4) is 5.75 Å². The quantitative estimate of drug-likeness (QED) is 0.249. The fourth-order valence-corrected chi connectivity index (χ4v) is 6.44. The first-order valence-electron chi connectivity index (χ1n) is 11.5. The molecule has 2 heterocycles. The molecule has 0 radical (unpaired) electrons. The van der Waals surface area contributed by atoms with Crippen LogP contribution in [0.1, 0.15) is 44.3 Å². The van der Waals surface area contributed by atoms with Gasteiger partial charge in [-0.2, -0.15) is 4.98 Å². The Morgan fingerprint density at radius 1 is 1.06 bits per heavy atom. The third kappa shape index (κ3) is 3.77. The third-order valence-electron chi connectivity index (χ3n) is 6.52. The van der Waals surface area contributed by atoms with Crippen LogP contribution in [0.4, 0.5) is 5.69 Å². The maximum Gasteiger partial charge on any atom is 0.324 e. The molecule has 1 aliphatic rings. The van der Waals surface area contributed by atoms with E-state index in [1.165, 1.54) is 4.90 Å². The highest BCUT2D eigenvalue weighted by molar-refractivity contribution is 7.90. The molecular weight excluding hydrogens is 498 g/mol. The highest BCUT2D eigenvalue weighted by Crippen LogP contribution is 2.39. The van der Waals surface area contributed by atoms with Gasteiger partial charge >= 0.3 is 5.16 Å². The molecule has 184 valence electrons. The van der Waals surface area contributed by atoms with Gasteiger partial charge in [-0.1, -0.05) is 23.7 Å². The van der Waals surface area contributed by atoms with E-state index < -0.39 is 23.0 Å². The number of ether oxygens (including phenoxy) is 1. The molecule has 1 atom stereocenters. The van der Waals surface area contributed by atoms with Gasteiger partial charge in [0.2, 0.25) is 0 Å². The molecule has 0 saturated carbocycles. The number of hydrogen-bond acceptors (Lipinski definition) is 5. The highest BCUT2D eigenvalue weighted by Gasteiger charge is 2.39. The molecule has 9 heteroatoms. The fourth-order valence-electron chi connectivity index (χ4n) is 4.84. The summed E-state index contributed by atoms with van der Waals surface area (Å²) in [6.45, 7) is 6.23. The summed E-state index contributed by atoms with van der Waals surface area (Å²) in [6.07, 6.45) is 0. The number of aromatic nitrogens is 2. The summed E-state index contributed by atoms with van der Waals surface area (Å²) in [7, 11) is 1.57. The summed E-state index contributed by atoms with van der Waals surface area (Å²) in [5.74, 6) is -0.135. The molecule has 2 amide bonds. The number of methoxy groups -OCH3 is 1. The van der Waals surface area contributed by atoms with Crippen molar-refractivity contribution in [3.05, 3.63) is 81.4 Å². The molecule has 0 aliphatic carbocycles. The second-order valence-corrected chi connectivity index (χ2v) is 10.4. The van der Waals surface area contributed by atoms with Gasteiger partial charge in [-0.05, 0) is 62.7 Å². The van der Waals surface area contributed by atoms with Crippen molar-refractivity contribution >= 4 is 51.3 Å². The molecule has 3 aromatic carbocycles. The smallest absolute Gasteiger partial charge is 0.324 e. The Bertz CT molecular complexity index is 1510. The molecule has 1 aromatic heterocycles. The molecule has 0 fully saturated rings. The Morgan fingerprint density at radius 2 is 1.72 bits per heavy atom. The summed E-state index contributed by atoms with van der Waals surface area (Å²) in [5.41, 5.74) is 4.70. The van der Waals surface area contributed by atoms with E-state index in [0.717, 1.165) is 16.6 Å². The average Bonchev–Trinajstić information content (AvgIpc) is 3.35. The number of anilines is 1. The lowest BCUT2D eigenvalue weighted by atomic mass is 10.0. The maximum absolute atomic E-state index is 13.8. The van der Waals surface area contributed by atoms with Gasteiger partial charge in [0.1, 0.15) is 11.5 Å².